The van der Waals surface area contributed by atoms with E-state index in [4.69, 9.17) is 16.7 Å². The van der Waals surface area contributed by atoms with Crippen LogP contribution in [-0.2, 0) is 11.3 Å². The van der Waals surface area contributed by atoms with Gasteiger partial charge in [0, 0.05) is 7.05 Å². The number of nitrogens with one attached hydrogen (secondary N) is 1. The van der Waals surface area contributed by atoms with E-state index in [-0.39, 0.29) is 11.0 Å². The zero-order valence-electron chi connectivity index (χ0n) is 8.24. The highest BCUT2D eigenvalue weighted by atomic mass is 35.5. The molecule has 1 aromatic rings. The van der Waals surface area contributed by atoms with Gasteiger partial charge in [0.2, 0.25) is 0 Å². The second-order valence-electron chi connectivity index (χ2n) is 2.87. The van der Waals surface area contributed by atoms with E-state index in [1.807, 2.05) is 0 Å². The maximum atomic E-state index is 11.6. The maximum absolute atomic E-state index is 11.6. The molecule has 6 nitrogen and oxygen atoms in total. The van der Waals surface area contributed by atoms with Gasteiger partial charge in [-0.1, -0.05) is 11.6 Å². The summed E-state index contributed by atoms with van der Waals surface area (Å²) in [6.45, 7) is 1.11. The molecule has 0 fully saturated rings. The molecular formula is C8H10ClN3O3. The first-order valence-corrected chi connectivity index (χ1v) is 4.51. The predicted molar refractivity (Wildman–Crippen MR) is 55.4 cm³/mol. The zero-order chi connectivity index (χ0) is 11.6. The van der Waals surface area contributed by atoms with Crippen molar-refractivity contribution in [2.75, 3.05) is 12.4 Å². The molecule has 0 radical (unpaired) electrons. The van der Waals surface area contributed by atoms with Crippen LogP contribution in [0.1, 0.15) is 5.69 Å². The first-order chi connectivity index (χ1) is 6.97. The molecule has 0 aliphatic heterocycles. The van der Waals surface area contributed by atoms with E-state index in [0.717, 1.165) is 4.57 Å². The summed E-state index contributed by atoms with van der Waals surface area (Å²) < 4.78 is 1.06. The van der Waals surface area contributed by atoms with Gasteiger partial charge in [0.25, 0.3) is 5.56 Å². The van der Waals surface area contributed by atoms with Gasteiger partial charge in [0.15, 0.2) is 11.0 Å². The van der Waals surface area contributed by atoms with Gasteiger partial charge in [-0.15, -0.1) is 0 Å². The number of rotatable bonds is 3. The van der Waals surface area contributed by atoms with E-state index >= 15 is 0 Å². The number of carboxylic acids is 1. The lowest BCUT2D eigenvalue weighted by Crippen LogP contribution is -2.29. The van der Waals surface area contributed by atoms with Crippen molar-refractivity contribution < 1.29 is 9.90 Å². The summed E-state index contributed by atoms with van der Waals surface area (Å²) in [4.78, 5) is 26.0. The number of nitrogens with zero attached hydrogens (tertiary/aromatic N) is 2. The van der Waals surface area contributed by atoms with Crippen molar-refractivity contribution in [1.82, 2.24) is 9.55 Å². The Kier molecular flexibility index (Phi) is 3.31. The molecule has 0 atom stereocenters. The highest BCUT2D eigenvalue weighted by molar-refractivity contribution is 6.30. The predicted octanol–water partition coefficient (Wildman–Crippen LogP) is 0.331. The van der Waals surface area contributed by atoms with E-state index in [1.165, 1.54) is 7.05 Å². The number of aromatic nitrogens is 2. The van der Waals surface area contributed by atoms with E-state index < -0.39 is 18.1 Å². The SMILES string of the molecule is CNc1nc(Cl)c(C)n(CC(=O)O)c1=O. The van der Waals surface area contributed by atoms with Crippen LogP contribution < -0.4 is 10.9 Å². The monoisotopic (exact) mass is 231 g/mol. The quantitative estimate of drug-likeness (QED) is 0.783. The van der Waals surface area contributed by atoms with Crippen LogP contribution in [0.15, 0.2) is 4.79 Å². The molecule has 7 heteroatoms. The highest BCUT2D eigenvalue weighted by Gasteiger charge is 2.13. The van der Waals surface area contributed by atoms with E-state index in [2.05, 4.69) is 10.3 Å². The second kappa shape index (κ2) is 4.31. The maximum Gasteiger partial charge on any atom is 0.323 e. The van der Waals surface area contributed by atoms with Gasteiger partial charge < -0.3 is 10.4 Å². The minimum Gasteiger partial charge on any atom is -0.480 e. The third-order valence-corrected chi connectivity index (χ3v) is 2.25. The Morgan fingerprint density at radius 3 is 2.73 bits per heavy atom. The molecule has 1 aromatic heterocycles. The zero-order valence-corrected chi connectivity index (χ0v) is 9.00. The minimum absolute atomic E-state index is 0.0341. The first-order valence-electron chi connectivity index (χ1n) is 4.14. The minimum atomic E-state index is -1.11. The van der Waals surface area contributed by atoms with E-state index in [1.54, 1.807) is 6.92 Å². The lowest BCUT2D eigenvalue weighted by atomic mass is 10.4. The molecule has 15 heavy (non-hydrogen) atoms. The lowest BCUT2D eigenvalue weighted by Gasteiger charge is -2.10. The average molecular weight is 232 g/mol. The van der Waals surface area contributed by atoms with E-state index in [9.17, 15) is 9.59 Å². The van der Waals surface area contributed by atoms with Gasteiger partial charge in [0.1, 0.15) is 6.54 Å². The molecule has 0 bridgehead atoms. The summed E-state index contributed by atoms with van der Waals surface area (Å²) in [6, 6.07) is 0. The average Bonchev–Trinajstić information content (AvgIpc) is 2.18. The van der Waals surface area contributed by atoms with Gasteiger partial charge >= 0.3 is 5.97 Å². The van der Waals surface area contributed by atoms with Gasteiger partial charge in [-0.25, -0.2) is 4.98 Å². The third kappa shape index (κ3) is 2.27. The lowest BCUT2D eigenvalue weighted by molar-refractivity contribution is -0.137. The van der Waals surface area contributed by atoms with Crippen molar-refractivity contribution in [2.24, 2.45) is 0 Å². The molecule has 1 heterocycles. The summed E-state index contributed by atoms with van der Waals surface area (Å²) in [7, 11) is 1.51. The molecule has 0 saturated heterocycles. The second-order valence-corrected chi connectivity index (χ2v) is 3.23. The molecule has 0 saturated carbocycles. The van der Waals surface area contributed by atoms with Crippen LogP contribution in [0, 0.1) is 6.92 Å². The normalized spacial score (nSPS) is 10.1. The van der Waals surface area contributed by atoms with Crippen molar-refractivity contribution >= 4 is 23.4 Å². The highest BCUT2D eigenvalue weighted by Crippen LogP contribution is 2.11. The van der Waals surface area contributed by atoms with Crippen LogP contribution in [0.3, 0.4) is 0 Å². The molecular weight excluding hydrogens is 222 g/mol. The Labute approximate surface area is 90.5 Å². The summed E-state index contributed by atoms with van der Waals surface area (Å²) in [5.74, 6) is -1.07. The number of carboxylic acid groups (broad SMARTS) is 1. The number of anilines is 1. The Balaban J connectivity index is 3.40. The molecule has 0 amide bonds. The fourth-order valence-corrected chi connectivity index (χ4v) is 1.29. The molecule has 82 valence electrons. The van der Waals surface area contributed by atoms with Gasteiger partial charge in [-0.2, -0.15) is 0 Å². The molecule has 1 rings (SSSR count). The first kappa shape index (κ1) is 11.5. The number of aliphatic carboxylic acids is 1. The summed E-state index contributed by atoms with van der Waals surface area (Å²) in [5.41, 5.74) is -0.162. The summed E-state index contributed by atoms with van der Waals surface area (Å²) in [5, 5.41) is 11.3. The molecule has 2 N–H and O–H groups in total. The Morgan fingerprint density at radius 1 is 1.67 bits per heavy atom. The standard InChI is InChI=1S/C8H10ClN3O3/c1-4-6(9)11-7(10-2)8(15)12(4)3-5(13)14/h3H2,1-2H3,(H,10,11)(H,13,14). The van der Waals surface area contributed by atoms with Crippen molar-refractivity contribution in [3.05, 3.63) is 21.2 Å². The molecule has 0 aliphatic rings. The number of halogens is 1. The van der Waals surface area contributed by atoms with Crippen LogP contribution in [0.25, 0.3) is 0 Å². The molecule has 0 spiro atoms. The van der Waals surface area contributed by atoms with Crippen LogP contribution >= 0.6 is 11.6 Å². The fraction of sp³-hybridized carbons (Fsp3) is 0.375. The number of hydrogen-bond acceptors (Lipinski definition) is 4. The number of carbonyl (C=O) groups is 1. The van der Waals surface area contributed by atoms with Gasteiger partial charge in [0.05, 0.1) is 5.69 Å². The van der Waals surface area contributed by atoms with Gasteiger partial charge in [-0.3, -0.25) is 14.2 Å². The van der Waals surface area contributed by atoms with Crippen molar-refractivity contribution in [3.63, 3.8) is 0 Å². The van der Waals surface area contributed by atoms with Crippen molar-refractivity contribution in [3.8, 4) is 0 Å². The van der Waals surface area contributed by atoms with Crippen molar-refractivity contribution in [2.45, 2.75) is 13.5 Å². The topological polar surface area (TPSA) is 84.2 Å². The molecule has 0 aliphatic carbocycles. The van der Waals surface area contributed by atoms with E-state index in [0.29, 0.717) is 5.69 Å². The van der Waals surface area contributed by atoms with Gasteiger partial charge in [-0.05, 0) is 6.92 Å². The smallest absolute Gasteiger partial charge is 0.323 e. The molecule has 0 unspecified atom stereocenters. The van der Waals surface area contributed by atoms with Crippen LogP contribution in [0.2, 0.25) is 5.15 Å². The Bertz CT molecular complexity index is 455. The largest absolute Gasteiger partial charge is 0.480 e. The molecule has 0 aromatic carbocycles. The third-order valence-electron chi connectivity index (χ3n) is 1.89. The van der Waals surface area contributed by atoms with Crippen LogP contribution in [0.4, 0.5) is 5.82 Å². The Morgan fingerprint density at radius 2 is 2.27 bits per heavy atom. The van der Waals surface area contributed by atoms with Crippen LogP contribution in [-0.4, -0.2) is 27.7 Å². The fourth-order valence-electron chi connectivity index (χ4n) is 1.11. The Hall–Kier alpha value is -1.56. The number of hydrogen-bond donors (Lipinski definition) is 2. The summed E-state index contributed by atoms with van der Waals surface area (Å²) in [6.07, 6.45) is 0. The van der Waals surface area contributed by atoms with Crippen LogP contribution in [0.5, 0.6) is 0 Å². The van der Waals surface area contributed by atoms with Crippen molar-refractivity contribution in [1.29, 1.82) is 0 Å². The summed E-state index contributed by atoms with van der Waals surface area (Å²) >= 11 is 5.75.